The van der Waals surface area contributed by atoms with Gasteiger partial charge in [0.15, 0.2) is 0 Å². The third kappa shape index (κ3) is 3.25. The van der Waals surface area contributed by atoms with Crippen molar-refractivity contribution >= 4 is 15.9 Å². The van der Waals surface area contributed by atoms with Crippen LogP contribution in [0.15, 0.2) is 17.0 Å². The van der Waals surface area contributed by atoms with E-state index >= 15 is 0 Å². The maximum Gasteiger partial charge on any atom is 0.254 e. The molecule has 0 saturated carbocycles. The molecule has 1 aliphatic heterocycles. The Kier molecular flexibility index (Phi) is 4.36. The van der Waals surface area contributed by atoms with Gasteiger partial charge in [-0.1, -0.05) is 0 Å². The van der Waals surface area contributed by atoms with Gasteiger partial charge in [0, 0.05) is 19.2 Å². The number of carbonyl (C=O) groups excluding carboxylic acids is 1. The third-order valence-corrected chi connectivity index (χ3v) is 4.87. The number of ether oxygens (including phenoxy) is 1. The van der Waals surface area contributed by atoms with Crippen LogP contribution in [0.25, 0.3) is 0 Å². The highest BCUT2D eigenvalue weighted by molar-refractivity contribution is 7.89. The lowest BCUT2D eigenvalue weighted by Gasteiger charge is -2.24. The second-order valence-electron chi connectivity index (χ2n) is 5.39. The average Bonchev–Trinajstić information content (AvgIpc) is 2.92. The van der Waals surface area contributed by atoms with Gasteiger partial charge in [-0.3, -0.25) is 4.79 Å². The zero-order valence-corrected chi connectivity index (χ0v) is 13.2. The summed E-state index contributed by atoms with van der Waals surface area (Å²) in [5.74, 6) is -0.211. The van der Waals surface area contributed by atoms with Crippen molar-refractivity contribution in [3.8, 4) is 0 Å². The molecule has 21 heavy (non-hydrogen) atoms. The van der Waals surface area contributed by atoms with E-state index in [0.717, 1.165) is 17.5 Å². The third-order valence-electron chi connectivity index (χ3n) is 3.97. The number of nitrogens with zero attached hydrogens (tertiary/aromatic N) is 1. The van der Waals surface area contributed by atoms with Crippen molar-refractivity contribution in [2.24, 2.45) is 5.14 Å². The lowest BCUT2D eigenvalue weighted by Crippen LogP contribution is -2.37. The first-order chi connectivity index (χ1) is 9.71. The Morgan fingerprint density at radius 2 is 2.05 bits per heavy atom. The first kappa shape index (κ1) is 15.9. The fourth-order valence-corrected chi connectivity index (χ4v) is 3.02. The van der Waals surface area contributed by atoms with Crippen LogP contribution in [-0.4, -0.2) is 45.5 Å². The van der Waals surface area contributed by atoms with E-state index in [1.54, 1.807) is 25.8 Å². The van der Waals surface area contributed by atoms with Gasteiger partial charge in [0.1, 0.15) is 0 Å². The Bertz CT molecular complexity index is 664. The van der Waals surface area contributed by atoms with E-state index in [4.69, 9.17) is 9.88 Å². The van der Waals surface area contributed by atoms with Crippen LogP contribution in [0, 0.1) is 13.8 Å². The van der Waals surface area contributed by atoms with Gasteiger partial charge < -0.3 is 9.64 Å². The fourth-order valence-electron chi connectivity index (χ4n) is 2.40. The minimum atomic E-state index is -3.84. The van der Waals surface area contributed by atoms with Crippen molar-refractivity contribution in [1.82, 2.24) is 4.90 Å². The summed E-state index contributed by atoms with van der Waals surface area (Å²) in [5.41, 5.74) is 1.85. The zero-order chi connectivity index (χ0) is 15.8. The quantitative estimate of drug-likeness (QED) is 0.894. The summed E-state index contributed by atoms with van der Waals surface area (Å²) in [6, 6.07) is 2.86. The first-order valence-corrected chi connectivity index (χ1v) is 8.25. The maximum absolute atomic E-state index is 12.6. The summed E-state index contributed by atoms with van der Waals surface area (Å²) in [6.45, 7) is 4.71. The molecule has 2 rings (SSSR count). The normalized spacial score (nSPS) is 18.8. The largest absolute Gasteiger partial charge is 0.379 e. The number of primary sulfonamides is 1. The molecule has 0 aliphatic carbocycles. The van der Waals surface area contributed by atoms with Crippen LogP contribution in [0.1, 0.15) is 27.9 Å². The molecule has 1 atom stereocenters. The van der Waals surface area contributed by atoms with Gasteiger partial charge in [-0.2, -0.15) is 0 Å². The summed E-state index contributed by atoms with van der Waals surface area (Å²) < 4.78 is 28.3. The smallest absolute Gasteiger partial charge is 0.254 e. The van der Waals surface area contributed by atoms with E-state index in [-0.39, 0.29) is 16.8 Å². The lowest BCUT2D eigenvalue weighted by atomic mass is 10.0. The Morgan fingerprint density at radius 1 is 1.38 bits per heavy atom. The molecular formula is C14H20N2O4S. The summed E-state index contributed by atoms with van der Waals surface area (Å²) in [7, 11) is -2.13. The molecule has 7 heteroatoms. The number of sulfonamides is 1. The molecule has 0 radical (unpaired) electrons. The fraction of sp³-hybridized carbons (Fsp3) is 0.500. The van der Waals surface area contributed by atoms with Crippen LogP contribution in [0.4, 0.5) is 0 Å². The molecular weight excluding hydrogens is 292 g/mol. The predicted octanol–water partition coefficient (Wildman–Crippen LogP) is 0.812. The van der Waals surface area contributed by atoms with Crippen molar-refractivity contribution in [3.05, 3.63) is 28.8 Å². The molecule has 1 aliphatic rings. The van der Waals surface area contributed by atoms with Gasteiger partial charge in [-0.15, -0.1) is 0 Å². The number of amides is 1. The minimum absolute atomic E-state index is 0.0235. The molecule has 1 aromatic rings. The van der Waals surface area contributed by atoms with E-state index in [1.165, 1.54) is 12.1 Å². The van der Waals surface area contributed by atoms with E-state index in [1.807, 2.05) is 0 Å². The number of hydrogen-bond acceptors (Lipinski definition) is 4. The van der Waals surface area contributed by atoms with Crippen molar-refractivity contribution in [2.45, 2.75) is 31.2 Å². The topological polar surface area (TPSA) is 89.7 Å². The van der Waals surface area contributed by atoms with Gasteiger partial charge in [0.25, 0.3) is 5.91 Å². The number of rotatable bonds is 3. The number of aryl methyl sites for hydroxylation is 1. The highest BCUT2D eigenvalue weighted by Gasteiger charge is 2.27. The molecule has 0 bridgehead atoms. The number of likely N-dealkylation sites (N-methyl/N-ethyl adjacent to an activating group) is 1. The number of carbonyl (C=O) groups is 1. The summed E-state index contributed by atoms with van der Waals surface area (Å²) >= 11 is 0. The van der Waals surface area contributed by atoms with Crippen LogP contribution in [0.2, 0.25) is 0 Å². The number of hydrogen-bond donors (Lipinski definition) is 1. The second-order valence-corrected chi connectivity index (χ2v) is 6.95. The summed E-state index contributed by atoms with van der Waals surface area (Å²) in [5, 5.41) is 5.17. The SMILES string of the molecule is Cc1cc(S(N)(=O)=O)cc(C(=O)N(C)C2CCOC2)c1C. The van der Waals surface area contributed by atoms with Gasteiger partial charge in [0.05, 0.1) is 17.5 Å². The molecule has 1 aromatic carbocycles. The Hall–Kier alpha value is -1.44. The van der Waals surface area contributed by atoms with Crippen LogP contribution in [0.5, 0.6) is 0 Å². The molecule has 1 heterocycles. The molecule has 1 saturated heterocycles. The standard InChI is InChI=1S/C14H20N2O4S/c1-9-6-12(21(15,18)19)7-13(10(9)2)14(17)16(3)11-4-5-20-8-11/h6-7,11H,4-5,8H2,1-3H3,(H2,15,18,19). The van der Waals surface area contributed by atoms with Crippen LogP contribution in [0.3, 0.4) is 0 Å². The van der Waals surface area contributed by atoms with Crippen LogP contribution < -0.4 is 5.14 Å². The van der Waals surface area contributed by atoms with Gasteiger partial charge in [-0.05, 0) is 43.5 Å². The molecule has 116 valence electrons. The number of benzene rings is 1. The highest BCUT2D eigenvalue weighted by atomic mass is 32.2. The van der Waals surface area contributed by atoms with Gasteiger partial charge >= 0.3 is 0 Å². The second kappa shape index (κ2) is 5.75. The zero-order valence-electron chi connectivity index (χ0n) is 12.4. The maximum atomic E-state index is 12.6. The Morgan fingerprint density at radius 3 is 2.57 bits per heavy atom. The van der Waals surface area contributed by atoms with E-state index in [9.17, 15) is 13.2 Å². The molecule has 1 unspecified atom stereocenters. The van der Waals surface area contributed by atoms with Crippen molar-refractivity contribution in [1.29, 1.82) is 0 Å². The van der Waals surface area contributed by atoms with Crippen molar-refractivity contribution in [2.75, 3.05) is 20.3 Å². The Balaban J connectivity index is 2.42. The van der Waals surface area contributed by atoms with Crippen LogP contribution in [-0.2, 0) is 14.8 Å². The van der Waals surface area contributed by atoms with E-state index in [0.29, 0.717) is 18.8 Å². The molecule has 0 spiro atoms. The van der Waals surface area contributed by atoms with Gasteiger partial charge in [0.2, 0.25) is 10.0 Å². The van der Waals surface area contributed by atoms with E-state index in [2.05, 4.69) is 0 Å². The molecule has 0 aromatic heterocycles. The lowest BCUT2D eigenvalue weighted by molar-refractivity contribution is 0.0710. The van der Waals surface area contributed by atoms with Crippen molar-refractivity contribution < 1.29 is 17.9 Å². The molecule has 6 nitrogen and oxygen atoms in total. The molecule has 1 amide bonds. The van der Waals surface area contributed by atoms with Gasteiger partial charge in [-0.25, -0.2) is 13.6 Å². The average molecular weight is 312 g/mol. The van der Waals surface area contributed by atoms with E-state index < -0.39 is 10.0 Å². The van der Waals surface area contributed by atoms with Crippen LogP contribution >= 0.6 is 0 Å². The number of nitrogens with two attached hydrogens (primary N) is 1. The first-order valence-electron chi connectivity index (χ1n) is 6.70. The summed E-state index contributed by atoms with van der Waals surface area (Å²) in [6.07, 6.45) is 0.787. The monoisotopic (exact) mass is 312 g/mol. The van der Waals surface area contributed by atoms with Crippen molar-refractivity contribution in [3.63, 3.8) is 0 Å². The molecule has 1 fully saturated rings. The minimum Gasteiger partial charge on any atom is -0.379 e. The Labute approximate surface area is 124 Å². The molecule has 2 N–H and O–H groups in total. The summed E-state index contributed by atoms with van der Waals surface area (Å²) in [4.78, 5) is 14.2. The predicted molar refractivity (Wildman–Crippen MR) is 78.6 cm³/mol. The highest BCUT2D eigenvalue weighted by Crippen LogP contribution is 2.22.